The van der Waals surface area contributed by atoms with Crippen molar-refractivity contribution in [2.45, 2.75) is 6.54 Å². The fourth-order valence-electron chi connectivity index (χ4n) is 4.63. The molecule has 0 radical (unpaired) electrons. The van der Waals surface area contributed by atoms with E-state index in [1.54, 1.807) is 0 Å². The number of fused-ring (bicyclic) bond motifs is 8. The molecular weight excluding hydrogens is 372 g/mol. The lowest BCUT2D eigenvalue weighted by Gasteiger charge is -2.04. The van der Waals surface area contributed by atoms with E-state index in [-0.39, 0.29) is 0 Å². The third kappa shape index (κ3) is 1.97. The molecule has 0 aliphatic rings. The van der Waals surface area contributed by atoms with Crippen molar-refractivity contribution in [2.24, 2.45) is 7.05 Å². The third-order valence-electron chi connectivity index (χ3n) is 6.07. The minimum atomic E-state index is 0.758. The van der Waals surface area contributed by atoms with Gasteiger partial charge in [0.25, 0.3) is 0 Å². The smallest absolute Gasteiger partial charge is 0.215 e. The van der Waals surface area contributed by atoms with Gasteiger partial charge in [-0.1, -0.05) is 30.3 Å². The monoisotopic (exact) mass is 390 g/mol. The number of hydrogen-bond acceptors (Lipinski definition) is 2. The topological polar surface area (TPSA) is 44.5 Å². The fraction of sp³-hybridized carbons (Fsp3) is 0.0833. The van der Waals surface area contributed by atoms with E-state index in [4.69, 9.17) is 9.97 Å². The van der Waals surface area contributed by atoms with E-state index in [0.29, 0.717) is 0 Å². The van der Waals surface area contributed by atoms with Crippen molar-refractivity contribution in [3.8, 4) is 0 Å². The van der Waals surface area contributed by atoms with Crippen LogP contribution in [-0.4, -0.2) is 27.9 Å². The summed E-state index contributed by atoms with van der Waals surface area (Å²) in [6, 6.07) is 23.2. The summed E-state index contributed by atoms with van der Waals surface area (Å²) >= 11 is 0. The maximum Gasteiger partial charge on any atom is 0.215 e. The predicted octanol–water partition coefficient (Wildman–Crippen LogP) is 4.63. The standard InChI is InChI=1S/C24H18N6/c1-27-20-8-4-5-9-21(20)30-22-14-16(10-11-18(22)25-23(27)30)15-28-12-13-29-19-7-3-2-6-17(19)26-24(28)29/h2-14H,15H2,1H3. The van der Waals surface area contributed by atoms with Gasteiger partial charge in [0, 0.05) is 19.4 Å². The molecule has 30 heavy (non-hydrogen) atoms. The molecule has 0 atom stereocenters. The average molecular weight is 390 g/mol. The molecule has 6 nitrogen and oxygen atoms in total. The number of aryl methyl sites for hydroxylation is 1. The zero-order valence-corrected chi connectivity index (χ0v) is 16.4. The number of benzene rings is 3. The van der Waals surface area contributed by atoms with E-state index in [1.165, 1.54) is 16.6 Å². The van der Waals surface area contributed by atoms with Crippen molar-refractivity contribution >= 4 is 44.7 Å². The minimum absolute atomic E-state index is 0.758. The first-order valence-corrected chi connectivity index (χ1v) is 10.0. The van der Waals surface area contributed by atoms with Crippen LogP contribution in [0.2, 0.25) is 0 Å². The maximum atomic E-state index is 4.87. The molecule has 0 saturated carbocycles. The van der Waals surface area contributed by atoms with Crippen LogP contribution in [0.1, 0.15) is 5.56 Å². The van der Waals surface area contributed by atoms with E-state index >= 15 is 0 Å². The molecule has 4 heterocycles. The Morgan fingerprint density at radius 3 is 2.33 bits per heavy atom. The molecule has 144 valence electrons. The summed E-state index contributed by atoms with van der Waals surface area (Å²) in [6.07, 6.45) is 4.19. The van der Waals surface area contributed by atoms with Crippen molar-refractivity contribution in [2.75, 3.05) is 0 Å². The minimum Gasteiger partial charge on any atom is -0.313 e. The Morgan fingerprint density at radius 1 is 0.700 bits per heavy atom. The zero-order valence-electron chi connectivity index (χ0n) is 16.4. The van der Waals surface area contributed by atoms with Crippen molar-refractivity contribution in [1.29, 1.82) is 0 Å². The van der Waals surface area contributed by atoms with Crippen LogP contribution in [0.25, 0.3) is 44.7 Å². The average Bonchev–Trinajstić information content (AvgIpc) is 3.50. The largest absolute Gasteiger partial charge is 0.313 e. The number of rotatable bonds is 2. The first-order valence-electron chi connectivity index (χ1n) is 10.0. The molecule has 0 bridgehead atoms. The first-order chi connectivity index (χ1) is 14.8. The highest BCUT2D eigenvalue weighted by atomic mass is 15.2. The Hall–Kier alpha value is -4.06. The Bertz CT molecular complexity index is 1740. The van der Waals surface area contributed by atoms with Gasteiger partial charge in [0.15, 0.2) is 0 Å². The van der Waals surface area contributed by atoms with E-state index < -0.39 is 0 Å². The summed E-state index contributed by atoms with van der Waals surface area (Å²) in [7, 11) is 2.07. The van der Waals surface area contributed by atoms with Gasteiger partial charge in [0.05, 0.1) is 39.6 Å². The van der Waals surface area contributed by atoms with Crippen molar-refractivity contribution in [3.05, 3.63) is 84.7 Å². The van der Waals surface area contributed by atoms with Gasteiger partial charge in [-0.3, -0.25) is 8.80 Å². The second-order valence-corrected chi connectivity index (χ2v) is 7.81. The van der Waals surface area contributed by atoms with E-state index in [0.717, 1.165) is 40.2 Å². The molecule has 3 aromatic carbocycles. The highest BCUT2D eigenvalue weighted by molar-refractivity contribution is 5.90. The Balaban J connectivity index is 1.41. The summed E-state index contributed by atoms with van der Waals surface area (Å²) in [5, 5.41) is 0. The molecule has 0 saturated heterocycles. The summed E-state index contributed by atoms with van der Waals surface area (Å²) in [6.45, 7) is 0.758. The van der Waals surface area contributed by atoms with Gasteiger partial charge < -0.3 is 9.13 Å². The van der Waals surface area contributed by atoms with Gasteiger partial charge in [0.2, 0.25) is 11.6 Å². The van der Waals surface area contributed by atoms with Crippen molar-refractivity contribution in [1.82, 2.24) is 27.9 Å². The van der Waals surface area contributed by atoms with Gasteiger partial charge in [-0.15, -0.1) is 0 Å². The number of hydrogen-bond donors (Lipinski definition) is 0. The van der Waals surface area contributed by atoms with Crippen LogP contribution in [-0.2, 0) is 13.6 Å². The van der Waals surface area contributed by atoms with Crippen LogP contribution >= 0.6 is 0 Å². The zero-order chi connectivity index (χ0) is 19.8. The SMILES string of the molecule is Cn1c2ccccc2n2c3cc(Cn4ccn5c6ccccc6nc45)ccc3nc12. The van der Waals surface area contributed by atoms with E-state index in [2.05, 4.69) is 98.0 Å². The number of nitrogens with zero attached hydrogens (tertiary/aromatic N) is 6. The molecular formula is C24H18N6. The van der Waals surface area contributed by atoms with Crippen LogP contribution in [0.5, 0.6) is 0 Å². The van der Waals surface area contributed by atoms with Crippen LogP contribution in [0.3, 0.4) is 0 Å². The molecule has 7 aromatic rings. The first kappa shape index (κ1) is 15.8. The van der Waals surface area contributed by atoms with Crippen LogP contribution in [0.15, 0.2) is 79.1 Å². The maximum absolute atomic E-state index is 4.87. The molecule has 0 aliphatic carbocycles. The molecule has 0 fully saturated rings. The van der Waals surface area contributed by atoms with Gasteiger partial charge in [-0.05, 0) is 42.0 Å². The summed E-state index contributed by atoms with van der Waals surface area (Å²) in [4.78, 5) is 9.69. The van der Waals surface area contributed by atoms with Crippen molar-refractivity contribution < 1.29 is 0 Å². The predicted molar refractivity (Wildman–Crippen MR) is 119 cm³/mol. The lowest BCUT2D eigenvalue weighted by Crippen LogP contribution is -1.99. The second-order valence-electron chi connectivity index (χ2n) is 7.81. The number of imidazole rings is 4. The Morgan fingerprint density at radius 2 is 1.43 bits per heavy atom. The lowest BCUT2D eigenvalue weighted by atomic mass is 10.2. The molecule has 0 unspecified atom stereocenters. The highest BCUT2D eigenvalue weighted by Gasteiger charge is 2.14. The summed E-state index contributed by atoms with van der Waals surface area (Å²) in [5.41, 5.74) is 7.89. The van der Waals surface area contributed by atoms with E-state index in [1.807, 2.05) is 6.07 Å². The summed E-state index contributed by atoms with van der Waals surface area (Å²) in [5.74, 6) is 1.92. The van der Waals surface area contributed by atoms with Crippen molar-refractivity contribution in [3.63, 3.8) is 0 Å². The highest BCUT2D eigenvalue weighted by Crippen LogP contribution is 2.26. The Labute approximate surface area is 171 Å². The molecule has 0 spiro atoms. The quantitative estimate of drug-likeness (QED) is 0.432. The van der Waals surface area contributed by atoms with E-state index in [9.17, 15) is 0 Å². The van der Waals surface area contributed by atoms with Gasteiger partial charge >= 0.3 is 0 Å². The summed E-state index contributed by atoms with van der Waals surface area (Å²) < 4.78 is 8.75. The molecule has 7 rings (SSSR count). The molecule has 0 N–H and O–H groups in total. The number of para-hydroxylation sites is 4. The molecule has 6 heteroatoms. The Kier molecular flexibility index (Phi) is 2.90. The van der Waals surface area contributed by atoms with Crippen LogP contribution < -0.4 is 0 Å². The molecule has 4 aromatic heterocycles. The van der Waals surface area contributed by atoms with Gasteiger partial charge in [-0.2, -0.15) is 0 Å². The lowest BCUT2D eigenvalue weighted by molar-refractivity contribution is 0.821. The fourth-order valence-corrected chi connectivity index (χ4v) is 4.63. The molecule has 0 aliphatic heterocycles. The molecule has 0 amide bonds. The number of aromatic nitrogens is 6. The van der Waals surface area contributed by atoms with Gasteiger partial charge in [-0.25, -0.2) is 9.97 Å². The second kappa shape index (κ2) is 5.51. The normalized spacial score (nSPS) is 12.3. The van der Waals surface area contributed by atoms with Crippen LogP contribution in [0, 0.1) is 0 Å². The third-order valence-corrected chi connectivity index (χ3v) is 6.07. The van der Waals surface area contributed by atoms with Crippen LogP contribution in [0.4, 0.5) is 0 Å². The van der Waals surface area contributed by atoms with Gasteiger partial charge in [0.1, 0.15) is 0 Å².